The summed E-state index contributed by atoms with van der Waals surface area (Å²) in [7, 11) is 0. The van der Waals surface area contributed by atoms with Crippen molar-refractivity contribution in [1.29, 1.82) is 0 Å². The number of carbonyl (C=O) groups excluding carboxylic acids is 3. The molecule has 1 amide bonds. The quantitative estimate of drug-likeness (QED) is 0.111. The second-order valence-corrected chi connectivity index (χ2v) is 7.85. The summed E-state index contributed by atoms with van der Waals surface area (Å²) in [5, 5.41) is 2.74. The summed E-state index contributed by atoms with van der Waals surface area (Å²) in [6.07, 6.45) is 1.94. The second-order valence-electron chi connectivity index (χ2n) is 7.85. The largest absolute Gasteiger partial charge is 0.379 e. The maximum atomic E-state index is 12.0. The standard InChI is InChI=1S/C27H43NO11/c29-6-2-7-32-9-11-34-13-15-36-17-19-38-21-22-39-20-18-37-16-14-35-12-10-33-8-5-28-27(31)26-4-1-3-25(23-26)24-30/h1,3-4,6,23-24H,2,5,7-22H2,(H,28,31). The van der Waals surface area contributed by atoms with Gasteiger partial charge in [0.15, 0.2) is 0 Å². The van der Waals surface area contributed by atoms with Crippen LogP contribution >= 0.6 is 0 Å². The van der Waals surface area contributed by atoms with Crippen LogP contribution in [0.2, 0.25) is 0 Å². The third kappa shape index (κ3) is 22.2. The van der Waals surface area contributed by atoms with Crippen LogP contribution in [0.15, 0.2) is 24.3 Å². The van der Waals surface area contributed by atoms with Crippen molar-refractivity contribution >= 4 is 18.5 Å². The topological polar surface area (TPSA) is 137 Å². The summed E-state index contributed by atoms with van der Waals surface area (Å²) < 4.78 is 43.0. The van der Waals surface area contributed by atoms with E-state index in [9.17, 15) is 14.4 Å². The summed E-state index contributed by atoms with van der Waals surface area (Å²) in [4.78, 5) is 32.9. The number of ether oxygens (including phenoxy) is 8. The fourth-order valence-electron chi connectivity index (χ4n) is 2.86. The highest BCUT2D eigenvalue weighted by atomic mass is 16.6. The van der Waals surface area contributed by atoms with Crippen LogP contribution in [-0.4, -0.2) is 131 Å². The van der Waals surface area contributed by atoms with Gasteiger partial charge in [0, 0.05) is 24.1 Å². The number of benzene rings is 1. The third-order valence-electron chi connectivity index (χ3n) is 4.80. The lowest BCUT2D eigenvalue weighted by atomic mass is 10.1. The summed E-state index contributed by atoms with van der Waals surface area (Å²) in [5.41, 5.74) is 0.899. The van der Waals surface area contributed by atoms with Gasteiger partial charge in [0.05, 0.1) is 106 Å². The Morgan fingerprint density at radius 1 is 0.590 bits per heavy atom. The summed E-state index contributed by atoms with van der Waals surface area (Å²) >= 11 is 0. The molecule has 0 aliphatic carbocycles. The predicted octanol–water partition coefficient (Wildman–Crippen LogP) is 0.951. The lowest BCUT2D eigenvalue weighted by Crippen LogP contribution is -2.27. The highest BCUT2D eigenvalue weighted by Crippen LogP contribution is 2.02. The first-order valence-corrected chi connectivity index (χ1v) is 13.2. The minimum atomic E-state index is -0.248. The first-order chi connectivity index (χ1) is 19.3. The average molecular weight is 558 g/mol. The van der Waals surface area contributed by atoms with Crippen molar-refractivity contribution < 1.29 is 52.3 Å². The number of rotatable bonds is 29. The average Bonchev–Trinajstić information content (AvgIpc) is 2.96. The molecule has 0 aliphatic heterocycles. The van der Waals surface area contributed by atoms with Crippen molar-refractivity contribution in [2.45, 2.75) is 6.42 Å². The van der Waals surface area contributed by atoms with Crippen LogP contribution in [0.5, 0.6) is 0 Å². The molecule has 0 aliphatic rings. The van der Waals surface area contributed by atoms with Gasteiger partial charge in [-0.3, -0.25) is 9.59 Å². The van der Waals surface area contributed by atoms with Crippen molar-refractivity contribution in [3.8, 4) is 0 Å². The molecule has 12 nitrogen and oxygen atoms in total. The normalized spacial score (nSPS) is 11.0. The molecule has 0 unspecified atom stereocenters. The monoisotopic (exact) mass is 557 g/mol. The van der Waals surface area contributed by atoms with E-state index in [2.05, 4.69) is 5.32 Å². The van der Waals surface area contributed by atoms with Gasteiger partial charge in [0.25, 0.3) is 5.91 Å². The third-order valence-corrected chi connectivity index (χ3v) is 4.80. The van der Waals surface area contributed by atoms with E-state index in [1.54, 1.807) is 24.3 Å². The molecule has 39 heavy (non-hydrogen) atoms. The lowest BCUT2D eigenvalue weighted by Gasteiger charge is -2.09. The van der Waals surface area contributed by atoms with E-state index in [1.165, 1.54) is 0 Å². The molecule has 1 aromatic carbocycles. The maximum Gasteiger partial charge on any atom is 0.251 e. The van der Waals surface area contributed by atoms with Gasteiger partial charge in [0.2, 0.25) is 0 Å². The van der Waals surface area contributed by atoms with Gasteiger partial charge in [-0.25, -0.2) is 0 Å². The van der Waals surface area contributed by atoms with Crippen LogP contribution in [-0.2, 0) is 42.7 Å². The molecule has 0 fully saturated rings. The number of nitrogens with one attached hydrogen (secondary N) is 1. The molecule has 1 rings (SSSR count). The number of carbonyl (C=O) groups is 3. The molecule has 0 saturated carbocycles. The Balaban J connectivity index is 1.71. The van der Waals surface area contributed by atoms with E-state index in [4.69, 9.17) is 37.9 Å². The molecule has 0 atom stereocenters. The minimum absolute atomic E-state index is 0.248. The Hall–Kier alpha value is -2.29. The number of hydrogen-bond donors (Lipinski definition) is 1. The lowest BCUT2D eigenvalue weighted by molar-refractivity contribution is -0.109. The molecule has 222 valence electrons. The van der Waals surface area contributed by atoms with Gasteiger partial charge in [0.1, 0.15) is 12.6 Å². The fourth-order valence-corrected chi connectivity index (χ4v) is 2.86. The Bertz CT molecular complexity index is 735. The van der Waals surface area contributed by atoms with E-state index < -0.39 is 0 Å². The SMILES string of the molecule is O=CCCOCCOCCOCCOCCOCCOCCOCCOCCNC(=O)c1cccc(C=O)c1. The number of amides is 1. The zero-order valence-electron chi connectivity index (χ0n) is 22.7. The molecular weight excluding hydrogens is 514 g/mol. The Labute approximate surface area is 230 Å². The second kappa shape index (κ2) is 27.3. The molecule has 0 spiro atoms. The fraction of sp³-hybridized carbons (Fsp3) is 0.667. The molecule has 1 aromatic rings. The molecule has 12 heteroatoms. The highest BCUT2D eigenvalue weighted by Gasteiger charge is 2.05. The highest BCUT2D eigenvalue weighted by molar-refractivity contribution is 5.95. The van der Waals surface area contributed by atoms with Crippen LogP contribution in [0.1, 0.15) is 27.1 Å². The van der Waals surface area contributed by atoms with Crippen LogP contribution in [0.3, 0.4) is 0 Å². The van der Waals surface area contributed by atoms with E-state index in [0.29, 0.717) is 136 Å². The zero-order valence-corrected chi connectivity index (χ0v) is 22.7. The van der Waals surface area contributed by atoms with E-state index >= 15 is 0 Å². The van der Waals surface area contributed by atoms with Crippen LogP contribution in [0.4, 0.5) is 0 Å². The first-order valence-electron chi connectivity index (χ1n) is 13.2. The molecule has 0 heterocycles. The van der Waals surface area contributed by atoms with Crippen molar-refractivity contribution in [3.63, 3.8) is 0 Å². The van der Waals surface area contributed by atoms with E-state index in [0.717, 1.165) is 6.29 Å². The molecule has 0 bridgehead atoms. The smallest absolute Gasteiger partial charge is 0.251 e. The number of hydrogen-bond acceptors (Lipinski definition) is 11. The summed E-state index contributed by atoms with van der Waals surface area (Å²) in [6.45, 7) is 7.74. The van der Waals surface area contributed by atoms with Gasteiger partial charge >= 0.3 is 0 Å². The minimum Gasteiger partial charge on any atom is -0.379 e. The van der Waals surface area contributed by atoms with E-state index in [1.807, 2.05) is 0 Å². The van der Waals surface area contributed by atoms with Crippen molar-refractivity contribution in [1.82, 2.24) is 5.32 Å². The van der Waals surface area contributed by atoms with Gasteiger partial charge in [-0.2, -0.15) is 0 Å². The molecule has 0 radical (unpaired) electrons. The molecule has 1 N–H and O–H groups in total. The maximum absolute atomic E-state index is 12.0. The Morgan fingerprint density at radius 2 is 1.00 bits per heavy atom. The molecule has 0 aromatic heterocycles. The van der Waals surface area contributed by atoms with Gasteiger partial charge in [-0.05, 0) is 12.1 Å². The van der Waals surface area contributed by atoms with Gasteiger partial charge < -0.3 is 48.0 Å². The summed E-state index contributed by atoms with van der Waals surface area (Å²) in [6, 6.07) is 6.50. The van der Waals surface area contributed by atoms with Crippen molar-refractivity contribution in [2.24, 2.45) is 0 Å². The molecular formula is C27H43NO11. The van der Waals surface area contributed by atoms with Gasteiger partial charge in [-0.15, -0.1) is 0 Å². The Morgan fingerprint density at radius 3 is 1.41 bits per heavy atom. The number of aldehydes is 2. The van der Waals surface area contributed by atoms with Gasteiger partial charge in [-0.1, -0.05) is 12.1 Å². The zero-order chi connectivity index (χ0) is 28.1. The first kappa shape index (κ1) is 34.7. The Kier molecular flexibility index (Phi) is 24.3. The van der Waals surface area contributed by atoms with Crippen LogP contribution in [0, 0.1) is 0 Å². The summed E-state index contributed by atoms with van der Waals surface area (Å²) in [5.74, 6) is -0.248. The van der Waals surface area contributed by atoms with E-state index in [-0.39, 0.29) is 5.91 Å². The predicted molar refractivity (Wildman–Crippen MR) is 141 cm³/mol. The van der Waals surface area contributed by atoms with Crippen LogP contribution in [0.25, 0.3) is 0 Å². The molecule has 0 saturated heterocycles. The van der Waals surface area contributed by atoms with Crippen LogP contribution < -0.4 is 5.32 Å². The van der Waals surface area contributed by atoms with Crippen molar-refractivity contribution in [2.75, 3.05) is 112 Å². The van der Waals surface area contributed by atoms with Crippen molar-refractivity contribution in [3.05, 3.63) is 35.4 Å².